The molecule has 0 radical (unpaired) electrons. The molecule has 106 valence electrons. The molecule has 1 N–H and O–H groups in total. The normalized spacial score (nSPS) is 12.1. The molecule has 0 aromatic heterocycles. The van der Waals surface area contributed by atoms with E-state index in [-0.39, 0.29) is 24.4 Å². The van der Waals surface area contributed by atoms with E-state index in [2.05, 4.69) is 5.32 Å². The number of carbonyl (C=O) groups excluding carboxylic acids is 1. The van der Waals surface area contributed by atoms with Crippen molar-refractivity contribution in [2.75, 3.05) is 27.2 Å². The lowest BCUT2D eigenvalue weighted by Crippen LogP contribution is -2.28. The third-order valence-corrected chi connectivity index (χ3v) is 2.80. The number of carbonyl (C=O) groups is 1. The molecule has 1 amide bonds. The van der Waals surface area contributed by atoms with Gasteiger partial charge in [0.25, 0.3) is 5.91 Å². The molecule has 0 fully saturated rings. The Morgan fingerprint density at radius 3 is 2.74 bits per heavy atom. The van der Waals surface area contributed by atoms with Crippen molar-refractivity contribution in [1.82, 2.24) is 10.2 Å². The first-order chi connectivity index (χ1) is 8.95. The smallest absolute Gasteiger partial charge is 0.259 e. The van der Waals surface area contributed by atoms with E-state index in [1.807, 2.05) is 13.8 Å². The van der Waals surface area contributed by atoms with Crippen LogP contribution < -0.4 is 10.1 Å². The Bertz CT molecular complexity index is 435. The highest BCUT2D eigenvalue weighted by Crippen LogP contribution is 2.26. The van der Waals surface area contributed by atoms with Crippen LogP contribution in [0.4, 0.5) is 4.39 Å². The Morgan fingerprint density at radius 1 is 1.47 bits per heavy atom. The fourth-order valence-corrected chi connectivity index (χ4v) is 1.68. The van der Waals surface area contributed by atoms with Gasteiger partial charge in [-0.3, -0.25) is 4.79 Å². The van der Waals surface area contributed by atoms with Crippen molar-refractivity contribution in [1.29, 1.82) is 0 Å². The standard InChI is InChI=1S/C14H21FN2O2/c1-5-16-10(2)12-7-6-11(15)8-13(12)19-9-14(18)17(3)4/h6-8,10,16H,5,9H2,1-4H3. The van der Waals surface area contributed by atoms with Gasteiger partial charge in [-0.1, -0.05) is 13.0 Å². The van der Waals surface area contributed by atoms with Crippen LogP contribution in [0.15, 0.2) is 18.2 Å². The SMILES string of the molecule is CCNC(C)c1ccc(F)cc1OCC(=O)N(C)C. The summed E-state index contributed by atoms with van der Waals surface area (Å²) < 4.78 is 18.7. The summed E-state index contributed by atoms with van der Waals surface area (Å²) in [6.45, 7) is 4.67. The number of likely N-dealkylation sites (N-methyl/N-ethyl adjacent to an activating group) is 1. The van der Waals surface area contributed by atoms with Crippen LogP contribution in [-0.4, -0.2) is 38.1 Å². The second-order valence-corrected chi connectivity index (χ2v) is 4.54. The van der Waals surface area contributed by atoms with E-state index in [0.717, 1.165) is 12.1 Å². The molecule has 1 atom stereocenters. The summed E-state index contributed by atoms with van der Waals surface area (Å²) in [5.41, 5.74) is 0.842. The van der Waals surface area contributed by atoms with Crippen molar-refractivity contribution in [2.45, 2.75) is 19.9 Å². The first-order valence-corrected chi connectivity index (χ1v) is 6.31. The molecule has 0 spiro atoms. The van der Waals surface area contributed by atoms with Crippen molar-refractivity contribution >= 4 is 5.91 Å². The van der Waals surface area contributed by atoms with Crippen LogP contribution >= 0.6 is 0 Å². The Kier molecular flexibility index (Phi) is 5.76. The molecule has 1 rings (SSSR count). The van der Waals surface area contributed by atoms with Crippen LogP contribution in [-0.2, 0) is 4.79 Å². The summed E-state index contributed by atoms with van der Waals surface area (Å²) in [6, 6.07) is 4.42. The number of benzene rings is 1. The Balaban J connectivity index is 2.85. The molecule has 0 saturated heterocycles. The van der Waals surface area contributed by atoms with E-state index < -0.39 is 0 Å². The highest BCUT2D eigenvalue weighted by Gasteiger charge is 2.13. The molecule has 1 aromatic carbocycles. The van der Waals surface area contributed by atoms with Crippen molar-refractivity contribution < 1.29 is 13.9 Å². The molecule has 1 aromatic rings. The van der Waals surface area contributed by atoms with Crippen molar-refractivity contribution in [3.05, 3.63) is 29.6 Å². The van der Waals surface area contributed by atoms with Gasteiger partial charge in [0.15, 0.2) is 6.61 Å². The van der Waals surface area contributed by atoms with Crippen molar-refractivity contribution in [3.8, 4) is 5.75 Å². The lowest BCUT2D eigenvalue weighted by molar-refractivity contribution is -0.130. The van der Waals surface area contributed by atoms with Gasteiger partial charge in [-0.15, -0.1) is 0 Å². The van der Waals surface area contributed by atoms with Gasteiger partial charge in [0.2, 0.25) is 0 Å². The van der Waals surface area contributed by atoms with Gasteiger partial charge in [0, 0.05) is 31.8 Å². The monoisotopic (exact) mass is 268 g/mol. The Morgan fingerprint density at radius 2 is 2.16 bits per heavy atom. The Labute approximate surface area is 113 Å². The number of nitrogens with zero attached hydrogens (tertiary/aromatic N) is 1. The molecule has 5 heteroatoms. The van der Waals surface area contributed by atoms with E-state index in [4.69, 9.17) is 4.74 Å². The zero-order valence-corrected chi connectivity index (χ0v) is 11.9. The van der Waals surface area contributed by atoms with Gasteiger partial charge in [0.1, 0.15) is 11.6 Å². The molecule has 0 heterocycles. The van der Waals surface area contributed by atoms with E-state index in [9.17, 15) is 9.18 Å². The number of hydrogen-bond donors (Lipinski definition) is 1. The largest absolute Gasteiger partial charge is 0.483 e. The molecule has 0 aliphatic rings. The predicted molar refractivity (Wildman–Crippen MR) is 72.7 cm³/mol. The molecule has 0 saturated carbocycles. The van der Waals surface area contributed by atoms with Crippen LogP contribution in [0.1, 0.15) is 25.5 Å². The summed E-state index contributed by atoms with van der Waals surface area (Å²) >= 11 is 0. The van der Waals surface area contributed by atoms with Crippen molar-refractivity contribution in [2.24, 2.45) is 0 Å². The number of nitrogens with one attached hydrogen (secondary N) is 1. The van der Waals surface area contributed by atoms with Gasteiger partial charge in [-0.05, 0) is 19.5 Å². The van der Waals surface area contributed by atoms with E-state index in [1.54, 1.807) is 20.2 Å². The van der Waals surface area contributed by atoms with E-state index in [1.165, 1.54) is 17.0 Å². The van der Waals surface area contributed by atoms with Gasteiger partial charge >= 0.3 is 0 Å². The van der Waals surface area contributed by atoms with Gasteiger partial charge < -0.3 is 15.0 Å². The first kappa shape index (κ1) is 15.4. The van der Waals surface area contributed by atoms with Gasteiger partial charge in [0.05, 0.1) is 0 Å². The van der Waals surface area contributed by atoms with Crippen LogP contribution in [0.2, 0.25) is 0 Å². The van der Waals surface area contributed by atoms with Crippen molar-refractivity contribution in [3.63, 3.8) is 0 Å². The maximum absolute atomic E-state index is 13.3. The minimum atomic E-state index is -0.375. The zero-order valence-electron chi connectivity index (χ0n) is 11.9. The fraction of sp³-hybridized carbons (Fsp3) is 0.500. The Hall–Kier alpha value is -1.62. The number of rotatable bonds is 6. The topological polar surface area (TPSA) is 41.6 Å². The fourth-order valence-electron chi connectivity index (χ4n) is 1.68. The lowest BCUT2D eigenvalue weighted by atomic mass is 10.1. The average molecular weight is 268 g/mol. The number of ether oxygens (including phenoxy) is 1. The third kappa shape index (κ3) is 4.52. The van der Waals surface area contributed by atoms with Gasteiger partial charge in [-0.25, -0.2) is 4.39 Å². The van der Waals surface area contributed by atoms with E-state index >= 15 is 0 Å². The highest BCUT2D eigenvalue weighted by atomic mass is 19.1. The molecular formula is C14H21FN2O2. The average Bonchev–Trinajstić information content (AvgIpc) is 2.36. The lowest BCUT2D eigenvalue weighted by Gasteiger charge is -2.18. The summed E-state index contributed by atoms with van der Waals surface area (Å²) in [6.07, 6.45) is 0. The summed E-state index contributed by atoms with van der Waals surface area (Å²) in [7, 11) is 3.30. The predicted octanol–water partition coefficient (Wildman–Crippen LogP) is 1.96. The first-order valence-electron chi connectivity index (χ1n) is 6.31. The molecule has 0 bridgehead atoms. The number of hydrogen-bond acceptors (Lipinski definition) is 3. The minimum absolute atomic E-state index is 0.0371. The van der Waals surface area contributed by atoms with Crippen LogP contribution in [0.3, 0.4) is 0 Å². The molecule has 0 aliphatic carbocycles. The van der Waals surface area contributed by atoms with Crippen LogP contribution in [0.5, 0.6) is 5.75 Å². The summed E-state index contributed by atoms with van der Waals surface area (Å²) in [5, 5.41) is 3.23. The summed E-state index contributed by atoms with van der Waals surface area (Å²) in [5.74, 6) is -0.130. The number of amides is 1. The van der Waals surface area contributed by atoms with Crippen LogP contribution in [0.25, 0.3) is 0 Å². The molecule has 19 heavy (non-hydrogen) atoms. The van der Waals surface area contributed by atoms with Gasteiger partial charge in [-0.2, -0.15) is 0 Å². The maximum atomic E-state index is 13.3. The highest BCUT2D eigenvalue weighted by molar-refractivity contribution is 5.77. The molecular weight excluding hydrogens is 247 g/mol. The summed E-state index contributed by atoms with van der Waals surface area (Å²) in [4.78, 5) is 12.9. The van der Waals surface area contributed by atoms with E-state index in [0.29, 0.717) is 5.75 Å². The maximum Gasteiger partial charge on any atom is 0.259 e. The molecule has 0 aliphatic heterocycles. The molecule has 4 nitrogen and oxygen atoms in total. The quantitative estimate of drug-likeness (QED) is 0.857. The molecule has 1 unspecified atom stereocenters. The second kappa shape index (κ2) is 7.09. The zero-order chi connectivity index (χ0) is 14.4. The minimum Gasteiger partial charge on any atom is -0.483 e. The third-order valence-electron chi connectivity index (χ3n) is 2.80. The second-order valence-electron chi connectivity index (χ2n) is 4.54. The number of halogens is 1. The van der Waals surface area contributed by atoms with Crippen LogP contribution in [0, 0.1) is 5.82 Å².